The smallest absolute Gasteiger partial charge is 0.167 e. The number of methoxy groups -OCH3 is 1. The van der Waals surface area contributed by atoms with E-state index in [1.165, 1.54) is 24.7 Å². The van der Waals surface area contributed by atoms with Crippen molar-refractivity contribution in [3.63, 3.8) is 0 Å². The van der Waals surface area contributed by atoms with Gasteiger partial charge in [-0.2, -0.15) is 11.8 Å². The number of halogens is 1. The fraction of sp³-hybridized carbons (Fsp3) is 0.625. The fourth-order valence-corrected chi connectivity index (χ4v) is 4.47. The Labute approximate surface area is 129 Å². The number of ether oxygens (including phenoxy) is 2. The second kappa shape index (κ2) is 6.44. The molecule has 0 radical (unpaired) electrons. The summed E-state index contributed by atoms with van der Waals surface area (Å²) in [5, 5.41) is 3.46. The van der Waals surface area contributed by atoms with Crippen molar-refractivity contribution in [3.05, 3.63) is 24.0 Å². The Bertz CT molecular complexity index is 486. The molecule has 2 fully saturated rings. The lowest BCUT2D eigenvalue weighted by molar-refractivity contribution is -0.0865. The summed E-state index contributed by atoms with van der Waals surface area (Å²) in [4.78, 5) is 0. The van der Waals surface area contributed by atoms with Crippen LogP contribution in [0.2, 0.25) is 0 Å². The number of hydrogen-bond acceptors (Lipinski definition) is 4. The van der Waals surface area contributed by atoms with Crippen molar-refractivity contribution in [2.24, 2.45) is 0 Å². The second-order valence-corrected chi connectivity index (χ2v) is 7.05. The van der Waals surface area contributed by atoms with Crippen LogP contribution in [0.15, 0.2) is 18.2 Å². The highest BCUT2D eigenvalue weighted by molar-refractivity contribution is 7.99. The van der Waals surface area contributed by atoms with Gasteiger partial charge in [0.25, 0.3) is 0 Å². The first-order chi connectivity index (χ1) is 10.2. The zero-order chi connectivity index (χ0) is 14.7. The lowest BCUT2D eigenvalue weighted by atomic mass is 9.85. The minimum atomic E-state index is -0.321. The van der Waals surface area contributed by atoms with Gasteiger partial charge in [0.05, 0.1) is 12.7 Å². The SMILES string of the molecule is COc1ccc(NC2CCOC3(CCSCC3)C2)cc1F. The lowest BCUT2D eigenvalue weighted by Crippen LogP contribution is -2.46. The van der Waals surface area contributed by atoms with E-state index in [4.69, 9.17) is 9.47 Å². The normalized spacial score (nSPS) is 24.8. The topological polar surface area (TPSA) is 30.5 Å². The van der Waals surface area contributed by atoms with E-state index in [0.29, 0.717) is 6.04 Å². The van der Waals surface area contributed by atoms with E-state index >= 15 is 0 Å². The molecule has 0 aromatic heterocycles. The highest BCUT2D eigenvalue weighted by Crippen LogP contribution is 2.38. The molecule has 1 aromatic rings. The Morgan fingerprint density at radius 3 is 2.90 bits per heavy atom. The summed E-state index contributed by atoms with van der Waals surface area (Å²) in [5.74, 6) is 2.33. The first kappa shape index (κ1) is 15.0. The van der Waals surface area contributed by atoms with Gasteiger partial charge in [0.1, 0.15) is 0 Å². The molecule has 2 aliphatic rings. The molecule has 1 spiro atoms. The fourth-order valence-electron chi connectivity index (χ4n) is 3.23. The molecule has 1 N–H and O–H groups in total. The highest BCUT2D eigenvalue weighted by atomic mass is 32.2. The molecular formula is C16H22FNO2S. The van der Waals surface area contributed by atoms with E-state index in [1.807, 2.05) is 17.8 Å². The van der Waals surface area contributed by atoms with Gasteiger partial charge in [-0.1, -0.05) is 0 Å². The monoisotopic (exact) mass is 311 g/mol. The molecule has 5 heteroatoms. The van der Waals surface area contributed by atoms with E-state index in [9.17, 15) is 4.39 Å². The van der Waals surface area contributed by atoms with E-state index in [-0.39, 0.29) is 17.2 Å². The summed E-state index contributed by atoms with van der Waals surface area (Å²) in [6.45, 7) is 0.793. The standard InChI is InChI=1S/C16H22FNO2S/c1-19-15-3-2-12(10-14(15)17)18-13-4-7-20-16(11-13)5-8-21-9-6-16/h2-3,10,13,18H,4-9,11H2,1H3. The molecule has 1 aromatic carbocycles. The molecule has 0 bridgehead atoms. The van der Waals surface area contributed by atoms with Gasteiger partial charge < -0.3 is 14.8 Å². The molecule has 2 aliphatic heterocycles. The Balaban J connectivity index is 1.65. The number of rotatable bonds is 3. The second-order valence-electron chi connectivity index (χ2n) is 5.83. The minimum Gasteiger partial charge on any atom is -0.494 e. The van der Waals surface area contributed by atoms with Crippen LogP contribution >= 0.6 is 11.8 Å². The minimum absolute atomic E-state index is 0.0478. The van der Waals surface area contributed by atoms with Gasteiger partial charge in [0.15, 0.2) is 11.6 Å². The molecule has 21 heavy (non-hydrogen) atoms. The summed E-state index contributed by atoms with van der Waals surface area (Å²) >= 11 is 2.01. The molecular weight excluding hydrogens is 289 g/mol. The zero-order valence-corrected chi connectivity index (χ0v) is 13.2. The van der Waals surface area contributed by atoms with Crippen molar-refractivity contribution in [3.8, 4) is 5.75 Å². The average molecular weight is 311 g/mol. The summed E-state index contributed by atoms with van der Waals surface area (Å²) < 4.78 is 24.8. The first-order valence-corrected chi connectivity index (χ1v) is 8.68. The number of anilines is 1. The molecule has 3 nitrogen and oxygen atoms in total. The molecule has 2 saturated heterocycles. The van der Waals surface area contributed by atoms with Crippen LogP contribution in [0.3, 0.4) is 0 Å². The average Bonchev–Trinajstić information content (AvgIpc) is 2.48. The third-order valence-corrected chi connectivity index (χ3v) is 5.41. The van der Waals surface area contributed by atoms with Crippen molar-refractivity contribution >= 4 is 17.4 Å². The van der Waals surface area contributed by atoms with Crippen molar-refractivity contribution in [1.82, 2.24) is 0 Å². The quantitative estimate of drug-likeness (QED) is 0.922. The van der Waals surface area contributed by atoms with Crippen molar-refractivity contribution in [2.45, 2.75) is 37.3 Å². The van der Waals surface area contributed by atoms with Gasteiger partial charge in [-0.15, -0.1) is 0 Å². The largest absolute Gasteiger partial charge is 0.494 e. The Kier molecular flexibility index (Phi) is 4.60. The van der Waals surface area contributed by atoms with Gasteiger partial charge in [-0.3, -0.25) is 0 Å². The van der Waals surface area contributed by atoms with Crippen molar-refractivity contribution < 1.29 is 13.9 Å². The maximum Gasteiger partial charge on any atom is 0.167 e. The first-order valence-electron chi connectivity index (χ1n) is 7.53. The van der Waals surface area contributed by atoms with Crippen LogP contribution in [0, 0.1) is 5.82 Å². The molecule has 0 saturated carbocycles. The van der Waals surface area contributed by atoms with E-state index < -0.39 is 0 Å². The third-order valence-electron chi connectivity index (χ3n) is 4.42. The highest BCUT2D eigenvalue weighted by Gasteiger charge is 2.38. The number of nitrogens with one attached hydrogen (secondary N) is 1. The van der Waals surface area contributed by atoms with Crippen LogP contribution in [-0.4, -0.2) is 36.9 Å². The van der Waals surface area contributed by atoms with Crippen molar-refractivity contribution in [2.75, 3.05) is 30.5 Å². The molecule has 1 atom stereocenters. The summed E-state index contributed by atoms with van der Waals surface area (Å²) in [6.07, 6.45) is 4.25. The predicted octanol–water partition coefficient (Wildman–Crippen LogP) is 3.69. The molecule has 2 heterocycles. The maximum absolute atomic E-state index is 13.8. The molecule has 116 valence electrons. The van der Waals surface area contributed by atoms with E-state index in [1.54, 1.807) is 6.07 Å². The molecule has 3 rings (SSSR count). The molecule has 0 aliphatic carbocycles. The lowest BCUT2D eigenvalue weighted by Gasteiger charge is -2.43. The predicted molar refractivity (Wildman–Crippen MR) is 84.8 cm³/mol. The van der Waals surface area contributed by atoms with Crippen LogP contribution in [0.5, 0.6) is 5.75 Å². The third kappa shape index (κ3) is 3.46. The van der Waals surface area contributed by atoms with Crippen LogP contribution in [0.25, 0.3) is 0 Å². The number of thioether (sulfide) groups is 1. The van der Waals surface area contributed by atoms with E-state index in [2.05, 4.69) is 5.32 Å². The zero-order valence-electron chi connectivity index (χ0n) is 12.4. The van der Waals surface area contributed by atoms with Gasteiger partial charge in [0.2, 0.25) is 0 Å². The van der Waals surface area contributed by atoms with Gasteiger partial charge in [-0.25, -0.2) is 4.39 Å². The van der Waals surface area contributed by atoms with Crippen LogP contribution in [-0.2, 0) is 4.74 Å². The van der Waals surface area contributed by atoms with Crippen molar-refractivity contribution in [1.29, 1.82) is 0 Å². The van der Waals surface area contributed by atoms with Crippen LogP contribution < -0.4 is 10.1 Å². The Hall–Kier alpha value is -0.940. The van der Waals surface area contributed by atoms with Crippen LogP contribution in [0.1, 0.15) is 25.7 Å². The summed E-state index contributed by atoms with van der Waals surface area (Å²) in [5.41, 5.74) is 0.868. The molecule has 0 amide bonds. The Morgan fingerprint density at radius 2 is 2.19 bits per heavy atom. The van der Waals surface area contributed by atoms with Gasteiger partial charge in [-0.05, 0) is 49.3 Å². The molecule has 1 unspecified atom stereocenters. The number of benzene rings is 1. The van der Waals surface area contributed by atoms with Gasteiger partial charge >= 0.3 is 0 Å². The van der Waals surface area contributed by atoms with Crippen LogP contribution in [0.4, 0.5) is 10.1 Å². The van der Waals surface area contributed by atoms with E-state index in [0.717, 1.165) is 38.0 Å². The summed E-state index contributed by atoms with van der Waals surface area (Å²) in [6, 6.07) is 5.41. The number of hydrogen-bond donors (Lipinski definition) is 1. The summed E-state index contributed by atoms with van der Waals surface area (Å²) in [7, 11) is 1.48. The Morgan fingerprint density at radius 1 is 1.38 bits per heavy atom. The van der Waals surface area contributed by atoms with Gasteiger partial charge in [0, 0.05) is 24.4 Å². The maximum atomic E-state index is 13.8.